The van der Waals surface area contributed by atoms with E-state index in [9.17, 15) is 9.90 Å². The smallest absolute Gasteiger partial charge is 0.169 e. The van der Waals surface area contributed by atoms with Crippen LogP contribution in [-0.2, 0) is 25.8 Å². The first-order chi connectivity index (χ1) is 23.3. The van der Waals surface area contributed by atoms with Gasteiger partial charge in [0.15, 0.2) is 16.6 Å². The summed E-state index contributed by atoms with van der Waals surface area (Å²) in [6, 6.07) is 6.46. The summed E-state index contributed by atoms with van der Waals surface area (Å²) in [4.78, 5) is 20.0. The van der Waals surface area contributed by atoms with Crippen LogP contribution in [0.4, 0.5) is 0 Å². The Kier molecular flexibility index (Phi) is 4.10. The molecular weight excluding hydrogens is 515 g/mol. The highest BCUT2D eigenvalue weighted by atomic mass is 79.9. The first-order valence-corrected chi connectivity index (χ1v) is 9.88. The number of aromatic nitrogens is 4. The maximum Gasteiger partial charge on any atom is 0.169 e. The maximum absolute atomic E-state index is 10.9. The second-order valence-corrected chi connectivity index (χ2v) is 7.13. The molecule has 0 fully saturated rings. The van der Waals surface area contributed by atoms with E-state index in [4.69, 9.17) is 52.0 Å². The van der Waals surface area contributed by atoms with Crippen LogP contribution in [-0.4, -0.2) is 30.9 Å². The van der Waals surface area contributed by atoms with Gasteiger partial charge in [0.1, 0.15) is 18.7 Å². The van der Waals surface area contributed by atoms with Gasteiger partial charge in [-0.25, -0.2) is 9.97 Å². The summed E-state index contributed by atoms with van der Waals surface area (Å²) < 4.78 is 161. The fourth-order valence-corrected chi connectivity index (χ4v) is 2.87. The standard InChI is InChI=1S/C15H18BrClN2O.C8H11ClN2O/c1-2-3-4-14-18-15(17)13(10-20)19(14)9-11-5-7-12(16)8-6-11;1-2-3-4-7-10-6(5-12)8(9)11-7/h5-8,20H,2-4,9-10H2,1H3;5H,2-4H2,1H3,(H,10,11)/i1D3,2D2,3D2,4D2,10D2;1D3,2D2,3D2,4D2,5D. The molecule has 0 radical (unpaired) electrons. The van der Waals surface area contributed by atoms with Gasteiger partial charge in [0.25, 0.3) is 0 Å². The first-order valence-electron chi connectivity index (χ1n) is 18.8. The number of nitrogens with zero attached hydrogens (tertiary/aromatic N) is 3. The molecule has 0 bridgehead atoms. The van der Waals surface area contributed by atoms with Crippen LogP contribution in [0.15, 0.2) is 28.7 Å². The topological polar surface area (TPSA) is 83.8 Å². The van der Waals surface area contributed by atoms with Crippen LogP contribution in [0.3, 0.4) is 0 Å². The van der Waals surface area contributed by atoms with Gasteiger partial charge in [0.2, 0.25) is 0 Å². The summed E-state index contributed by atoms with van der Waals surface area (Å²) in [6.07, 6.45) is -22.4. The van der Waals surface area contributed by atoms with Crippen molar-refractivity contribution in [2.45, 2.75) is 65.0 Å². The molecule has 0 aliphatic heterocycles. The lowest BCUT2D eigenvalue weighted by Crippen LogP contribution is -2.09. The SMILES string of the molecule is [2H]C(=O)c1[nH]c(C([2H])([2H])C([2H])([2H])C([2H])([2H])C([2H])([2H])[2H])nc1Cl.[2H]C([2H])(O)c1c(Cl)nc(C([2H])([2H])C([2H])([2H])C([2H])([2H])C([2H])([2H])[2H])n1Cc1ccc(Br)cc1. The number of nitrogens with one attached hydrogen (secondary N) is 1. The van der Waals surface area contributed by atoms with Crippen molar-refractivity contribution in [2.24, 2.45) is 0 Å². The number of aromatic amines is 1. The summed E-state index contributed by atoms with van der Waals surface area (Å²) in [5, 5.41) is 8.68. The lowest BCUT2D eigenvalue weighted by molar-refractivity contribution is 0.111. The van der Waals surface area contributed by atoms with Crippen molar-refractivity contribution in [1.29, 1.82) is 0 Å². The molecule has 174 valence electrons. The molecule has 0 amide bonds. The number of H-pyrrole nitrogens is 1. The Morgan fingerprint density at radius 2 is 1.88 bits per heavy atom. The van der Waals surface area contributed by atoms with Gasteiger partial charge in [-0.3, -0.25) is 4.79 Å². The predicted molar refractivity (Wildman–Crippen MR) is 133 cm³/mol. The van der Waals surface area contributed by atoms with E-state index in [-0.39, 0.29) is 6.54 Å². The third-order valence-corrected chi connectivity index (χ3v) is 4.59. The van der Waals surface area contributed by atoms with Crippen molar-refractivity contribution >= 4 is 45.4 Å². The number of hydrogen-bond donors (Lipinski definition) is 2. The fourth-order valence-electron chi connectivity index (χ4n) is 2.21. The summed E-state index contributed by atoms with van der Waals surface area (Å²) in [5.41, 5.74) is -0.814. The summed E-state index contributed by atoms with van der Waals surface area (Å²) >= 11 is 14.7. The molecule has 2 heterocycles. The van der Waals surface area contributed by atoms with E-state index in [0.29, 0.717) is 5.56 Å². The molecule has 0 aliphatic rings. The summed E-state index contributed by atoms with van der Waals surface area (Å²) in [5.74, 6) is -1.75. The van der Waals surface area contributed by atoms with E-state index in [1.165, 1.54) is 0 Å². The van der Waals surface area contributed by atoms with Crippen LogP contribution >= 0.6 is 39.1 Å². The highest BCUT2D eigenvalue weighted by Gasteiger charge is 2.15. The molecule has 2 aromatic heterocycles. The quantitative estimate of drug-likeness (QED) is 0.279. The lowest BCUT2D eigenvalue weighted by atomic mass is 10.2. The number of carbonyl (C=O) groups excluding carboxylic acids is 1. The molecule has 0 saturated heterocycles. The third-order valence-electron chi connectivity index (χ3n) is 3.53. The Balaban J connectivity index is 0.000000390. The molecule has 0 spiro atoms. The number of aryl methyl sites for hydroxylation is 2. The number of rotatable bonds is 10. The molecule has 2 N–H and O–H groups in total. The van der Waals surface area contributed by atoms with E-state index < -0.39 is 98.1 Å². The van der Waals surface area contributed by atoms with Crippen molar-refractivity contribution in [2.75, 3.05) is 0 Å². The first kappa shape index (κ1) is 9.53. The van der Waals surface area contributed by atoms with Crippen molar-refractivity contribution in [1.82, 2.24) is 19.5 Å². The molecule has 9 heteroatoms. The number of hydrogen-bond acceptors (Lipinski definition) is 4. The average Bonchev–Trinajstić information content (AvgIpc) is 3.53. The van der Waals surface area contributed by atoms with Gasteiger partial charge in [0.05, 0.1) is 15.0 Å². The Morgan fingerprint density at radius 3 is 2.47 bits per heavy atom. The zero-order valence-electron chi connectivity index (χ0n) is 36.8. The number of halogens is 3. The zero-order valence-corrected chi connectivity index (χ0v) is 18.9. The molecule has 32 heavy (non-hydrogen) atoms. The normalized spacial score (nSPS) is 24.3. The van der Waals surface area contributed by atoms with Crippen LogP contribution in [0.5, 0.6) is 0 Å². The Hall–Kier alpha value is -1.67. The molecule has 1 aromatic carbocycles. The van der Waals surface area contributed by atoms with Crippen molar-refractivity contribution in [3.05, 3.63) is 67.6 Å². The molecule has 6 nitrogen and oxygen atoms in total. The van der Waals surface area contributed by atoms with Gasteiger partial charge in [-0.05, 0) is 30.4 Å². The maximum atomic E-state index is 10.9. The Morgan fingerprint density at radius 1 is 1.19 bits per heavy atom. The Bertz CT molecular complexity index is 1800. The lowest BCUT2D eigenvalue weighted by Gasteiger charge is -2.11. The number of aliphatic hydroxyl groups is 1. The minimum atomic E-state index is -3.66. The third kappa shape index (κ3) is 7.73. The number of imidazole rings is 2. The average molecular weight is 565 g/mol. The van der Waals surface area contributed by atoms with E-state index in [1.54, 1.807) is 24.3 Å². The van der Waals surface area contributed by atoms with E-state index in [1.807, 2.05) is 4.98 Å². The molecule has 0 unspecified atom stereocenters. The molecule has 0 atom stereocenters. The van der Waals surface area contributed by atoms with E-state index in [0.717, 1.165) is 9.04 Å². The van der Waals surface area contributed by atoms with E-state index in [2.05, 4.69) is 25.9 Å². The van der Waals surface area contributed by atoms with Crippen LogP contribution in [0.25, 0.3) is 0 Å². The van der Waals surface area contributed by atoms with Gasteiger partial charge in [-0.2, -0.15) is 0 Å². The van der Waals surface area contributed by atoms with Gasteiger partial charge in [-0.1, -0.05) is 77.7 Å². The van der Waals surface area contributed by atoms with Gasteiger partial charge in [0, 0.05) is 48.4 Å². The van der Waals surface area contributed by atoms with Crippen molar-refractivity contribution in [3.8, 4) is 0 Å². The van der Waals surface area contributed by atoms with Crippen LogP contribution in [0.1, 0.15) is 101 Å². The van der Waals surface area contributed by atoms with Crippen molar-refractivity contribution in [3.63, 3.8) is 0 Å². The van der Waals surface area contributed by atoms with Gasteiger partial charge < -0.3 is 14.7 Å². The van der Waals surface area contributed by atoms with Crippen molar-refractivity contribution < 1.29 is 38.7 Å². The summed E-state index contributed by atoms with van der Waals surface area (Å²) in [6.45, 7) is -10.4. The largest absolute Gasteiger partial charge is 0.390 e. The second-order valence-electron chi connectivity index (χ2n) is 5.50. The zero-order chi connectivity index (χ0) is 41.9. The van der Waals surface area contributed by atoms with Crippen LogP contribution < -0.4 is 0 Å². The van der Waals surface area contributed by atoms with Crippen LogP contribution in [0, 0.1) is 0 Å². The van der Waals surface area contributed by atoms with E-state index >= 15 is 0 Å². The minimum Gasteiger partial charge on any atom is -0.390 e. The van der Waals surface area contributed by atoms with Gasteiger partial charge >= 0.3 is 0 Å². The molecule has 3 rings (SSSR count). The molecule has 3 aromatic rings. The number of benzene rings is 1. The molecule has 0 aliphatic carbocycles. The highest BCUT2D eigenvalue weighted by molar-refractivity contribution is 9.10. The van der Waals surface area contributed by atoms with Gasteiger partial charge in [-0.15, -0.1) is 0 Å². The monoisotopic (exact) mass is 563 g/mol. The number of carbonyl (C=O) groups is 1. The predicted octanol–water partition coefficient (Wildman–Crippen LogP) is 6.40. The second kappa shape index (κ2) is 13.8. The molecular formula is C23H29BrCl2N4O2. The number of aldehydes is 1. The summed E-state index contributed by atoms with van der Waals surface area (Å²) in [7, 11) is 0. The van der Waals surface area contributed by atoms with Crippen LogP contribution in [0.2, 0.25) is 10.3 Å². The highest BCUT2D eigenvalue weighted by Crippen LogP contribution is 2.21. The molecule has 0 saturated carbocycles. The Labute approximate surface area is 237 Å². The fraction of sp³-hybridized carbons (Fsp3) is 0.435. The minimum absolute atomic E-state index is 0.315.